The lowest BCUT2D eigenvalue weighted by Crippen LogP contribution is -2.41. The summed E-state index contributed by atoms with van der Waals surface area (Å²) < 4.78 is 0. The third kappa shape index (κ3) is 3.06. The summed E-state index contributed by atoms with van der Waals surface area (Å²) in [7, 11) is 0. The Balaban J connectivity index is 2.58. The second-order valence-electron chi connectivity index (χ2n) is 5.17. The zero-order chi connectivity index (χ0) is 10.8. The average molecular weight is 193 g/mol. The highest BCUT2D eigenvalue weighted by molar-refractivity contribution is 5.77. The SMILES string of the molecule is C[C@@H]1CC#CCN1C(=O)CC(C)(C)C. The lowest BCUT2D eigenvalue weighted by molar-refractivity contribution is -0.134. The first kappa shape index (κ1) is 11.1. The number of carbonyl (C=O) groups is 1. The van der Waals surface area contributed by atoms with Gasteiger partial charge < -0.3 is 4.90 Å². The van der Waals surface area contributed by atoms with Gasteiger partial charge in [-0.25, -0.2) is 0 Å². The van der Waals surface area contributed by atoms with Gasteiger partial charge in [-0.05, 0) is 12.3 Å². The van der Waals surface area contributed by atoms with E-state index in [9.17, 15) is 4.79 Å². The molecule has 0 aromatic heterocycles. The van der Waals surface area contributed by atoms with Crippen LogP contribution in [-0.4, -0.2) is 23.4 Å². The molecule has 2 nitrogen and oxygen atoms in total. The van der Waals surface area contributed by atoms with Crippen molar-refractivity contribution in [3.8, 4) is 11.8 Å². The molecule has 1 heterocycles. The first-order valence-corrected chi connectivity index (χ1v) is 5.15. The Kier molecular flexibility index (Phi) is 3.21. The molecule has 14 heavy (non-hydrogen) atoms. The van der Waals surface area contributed by atoms with Crippen molar-refractivity contribution in [2.75, 3.05) is 6.54 Å². The summed E-state index contributed by atoms with van der Waals surface area (Å²) in [6, 6.07) is 0.283. The summed E-state index contributed by atoms with van der Waals surface area (Å²) in [6.07, 6.45) is 1.43. The largest absolute Gasteiger partial charge is 0.328 e. The molecule has 0 saturated heterocycles. The predicted molar refractivity (Wildman–Crippen MR) is 57.6 cm³/mol. The van der Waals surface area contributed by atoms with Crippen LogP contribution in [0.5, 0.6) is 0 Å². The molecular formula is C12H19NO. The molecule has 0 bridgehead atoms. The van der Waals surface area contributed by atoms with Crippen molar-refractivity contribution < 1.29 is 4.79 Å². The predicted octanol–water partition coefficient (Wildman–Crippen LogP) is 2.05. The van der Waals surface area contributed by atoms with Crippen LogP contribution in [0.3, 0.4) is 0 Å². The fourth-order valence-electron chi connectivity index (χ4n) is 1.52. The van der Waals surface area contributed by atoms with Gasteiger partial charge in [0.2, 0.25) is 5.91 Å². The quantitative estimate of drug-likeness (QED) is 0.584. The molecule has 1 aliphatic heterocycles. The third-order valence-electron chi connectivity index (χ3n) is 2.31. The molecule has 0 aromatic rings. The molecule has 78 valence electrons. The highest BCUT2D eigenvalue weighted by Crippen LogP contribution is 2.21. The van der Waals surface area contributed by atoms with Crippen LogP contribution in [0, 0.1) is 17.3 Å². The van der Waals surface area contributed by atoms with E-state index in [2.05, 4.69) is 39.5 Å². The Morgan fingerprint density at radius 1 is 1.43 bits per heavy atom. The summed E-state index contributed by atoms with van der Waals surface area (Å²) in [5, 5.41) is 0. The summed E-state index contributed by atoms with van der Waals surface area (Å²) in [4.78, 5) is 13.8. The van der Waals surface area contributed by atoms with Crippen molar-refractivity contribution in [3.63, 3.8) is 0 Å². The molecular weight excluding hydrogens is 174 g/mol. The number of amides is 1. The number of hydrogen-bond donors (Lipinski definition) is 0. The van der Waals surface area contributed by atoms with Gasteiger partial charge in [-0.3, -0.25) is 4.79 Å². The van der Waals surface area contributed by atoms with Gasteiger partial charge in [-0.2, -0.15) is 0 Å². The Labute approximate surface area is 86.7 Å². The maximum absolute atomic E-state index is 11.9. The van der Waals surface area contributed by atoms with Crippen LogP contribution in [0.4, 0.5) is 0 Å². The highest BCUT2D eigenvalue weighted by atomic mass is 16.2. The van der Waals surface area contributed by atoms with Crippen LogP contribution in [0.25, 0.3) is 0 Å². The molecule has 0 saturated carbocycles. The topological polar surface area (TPSA) is 20.3 Å². The van der Waals surface area contributed by atoms with Crippen molar-refractivity contribution in [2.45, 2.75) is 46.6 Å². The molecule has 0 fully saturated rings. The molecule has 1 amide bonds. The molecule has 1 atom stereocenters. The minimum Gasteiger partial charge on any atom is -0.328 e. The number of rotatable bonds is 1. The van der Waals surface area contributed by atoms with Gasteiger partial charge in [0.25, 0.3) is 0 Å². The third-order valence-corrected chi connectivity index (χ3v) is 2.31. The normalized spacial score (nSPS) is 21.4. The van der Waals surface area contributed by atoms with E-state index in [-0.39, 0.29) is 17.4 Å². The van der Waals surface area contributed by atoms with Gasteiger partial charge in [0.05, 0.1) is 6.54 Å². The Morgan fingerprint density at radius 3 is 2.57 bits per heavy atom. The summed E-state index contributed by atoms with van der Waals surface area (Å²) in [6.45, 7) is 8.94. The molecule has 0 aliphatic carbocycles. The van der Waals surface area contributed by atoms with Gasteiger partial charge >= 0.3 is 0 Å². The average Bonchev–Trinajstić information content (AvgIpc) is 2.01. The monoisotopic (exact) mass is 193 g/mol. The van der Waals surface area contributed by atoms with Crippen LogP contribution in [0.1, 0.15) is 40.5 Å². The molecule has 1 rings (SSSR count). The smallest absolute Gasteiger partial charge is 0.224 e. The van der Waals surface area contributed by atoms with Crippen molar-refractivity contribution in [2.24, 2.45) is 5.41 Å². The second-order valence-corrected chi connectivity index (χ2v) is 5.17. The van der Waals surface area contributed by atoms with Crippen molar-refractivity contribution in [3.05, 3.63) is 0 Å². The molecule has 0 spiro atoms. The van der Waals surface area contributed by atoms with Crippen LogP contribution >= 0.6 is 0 Å². The van der Waals surface area contributed by atoms with Crippen LogP contribution in [-0.2, 0) is 4.79 Å². The number of hydrogen-bond acceptors (Lipinski definition) is 1. The fourth-order valence-corrected chi connectivity index (χ4v) is 1.52. The maximum atomic E-state index is 11.9. The van der Waals surface area contributed by atoms with Crippen LogP contribution in [0.15, 0.2) is 0 Å². The van der Waals surface area contributed by atoms with Crippen LogP contribution < -0.4 is 0 Å². The Bertz CT molecular complexity index is 277. The highest BCUT2D eigenvalue weighted by Gasteiger charge is 2.24. The zero-order valence-corrected chi connectivity index (χ0v) is 9.55. The Hall–Kier alpha value is -0.970. The molecule has 0 unspecified atom stereocenters. The molecule has 0 aromatic carbocycles. The van der Waals surface area contributed by atoms with E-state index in [1.165, 1.54) is 0 Å². The zero-order valence-electron chi connectivity index (χ0n) is 9.55. The number of nitrogens with zero attached hydrogens (tertiary/aromatic N) is 1. The second kappa shape index (κ2) is 4.04. The van der Waals surface area contributed by atoms with Crippen molar-refractivity contribution in [1.82, 2.24) is 4.90 Å². The Morgan fingerprint density at radius 2 is 2.07 bits per heavy atom. The molecule has 0 N–H and O–H groups in total. The van der Waals surface area contributed by atoms with E-state index in [1.807, 2.05) is 4.90 Å². The summed E-state index contributed by atoms with van der Waals surface area (Å²) in [5.74, 6) is 6.26. The van der Waals surface area contributed by atoms with E-state index in [1.54, 1.807) is 0 Å². The molecule has 0 radical (unpaired) electrons. The van der Waals surface area contributed by atoms with Crippen molar-refractivity contribution in [1.29, 1.82) is 0 Å². The van der Waals surface area contributed by atoms with E-state index in [0.29, 0.717) is 13.0 Å². The van der Waals surface area contributed by atoms with Crippen LogP contribution in [0.2, 0.25) is 0 Å². The van der Waals surface area contributed by atoms with Gasteiger partial charge in [0, 0.05) is 18.9 Å². The van der Waals surface area contributed by atoms with Gasteiger partial charge in [0.15, 0.2) is 0 Å². The van der Waals surface area contributed by atoms with Gasteiger partial charge in [-0.15, -0.1) is 0 Å². The number of carbonyl (C=O) groups excluding carboxylic acids is 1. The lowest BCUT2D eigenvalue weighted by atomic mass is 9.91. The van der Waals surface area contributed by atoms with E-state index >= 15 is 0 Å². The lowest BCUT2D eigenvalue weighted by Gasteiger charge is -2.31. The minimum absolute atomic E-state index is 0.0711. The van der Waals surface area contributed by atoms with Gasteiger partial charge in [0.1, 0.15) is 0 Å². The maximum Gasteiger partial charge on any atom is 0.224 e. The molecule has 1 aliphatic rings. The minimum atomic E-state index is 0.0711. The first-order valence-electron chi connectivity index (χ1n) is 5.15. The van der Waals surface area contributed by atoms with E-state index in [0.717, 1.165) is 6.42 Å². The fraction of sp³-hybridized carbons (Fsp3) is 0.750. The standard InChI is InChI=1S/C12H19NO/c1-10-7-5-6-8-13(10)11(14)9-12(2,3)4/h10H,7-9H2,1-4H3/t10-/m1/s1. The van der Waals surface area contributed by atoms with Crippen molar-refractivity contribution >= 4 is 5.91 Å². The molecule has 2 heteroatoms. The van der Waals surface area contributed by atoms with E-state index in [4.69, 9.17) is 0 Å². The summed E-state index contributed by atoms with van der Waals surface area (Å²) in [5.41, 5.74) is 0.0711. The van der Waals surface area contributed by atoms with Gasteiger partial charge in [-0.1, -0.05) is 32.6 Å². The first-order chi connectivity index (χ1) is 6.40. The summed E-state index contributed by atoms with van der Waals surface area (Å²) >= 11 is 0. The van der Waals surface area contributed by atoms with E-state index < -0.39 is 0 Å².